The van der Waals surface area contributed by atoms with Crippen LogP contribution in [-0.4, -0.2) is 44.2 Å². The number of hydrogen-bond donors (Lipinski definition) is 0. The van der Waals surface area contributed by atoms with Crippen LogP contribution in [0.3, 0.4) is 0 Å². The zero-order valence-corrected chi connectivity index (χ0v) is 15.2. The lowest BCUT2D eigenvalue weighted by atomic mass is 10.1. The predicted molar refractivity (Wildman–Crippen MR) is 95.5 cm³/mol. The number of aryl methyl sites for hydroxylation is 1. The number of aromatic nitrogens is 5. The average Bonchev–Trinajstić information content (AvgIpc) is 3.21. The molecule has 136 valence electrons. The van der Waals surface area contributed by atoms with Crippen molar-refractivity contribution in [2.24, 2.45) is 14.1 Å². The third-order valence-electron chi connectivity index (χ3n) is 4.47. The van der Waals surface area contributed by atoms with Crippen molar-refractivity contribution < 1.29 is 9.13 Å². The minimum Gasteiger partial charge on any atom is -0.370 e. The summed E-state index contributed by atoms with van der Waals surface area (Å²) in [5.41, 5.74) is 1.39. The highest BCUT2D eigenvalue weighted by Crippen LogP contribution is 2.29. The van der Waals surface area contributed by atoms with E-state index in [4.69, 9.17) is 16.3 Å². The van der Waals surface area contributed by atoms with Crippen molar-refractivity contribution in [1.29, 1.82) is 0 Å². The van der Waals surface area contributed by atoms with Gasteiger partial charge in [-0.25, -0.2) is 4.39 Å². The fourth-order valence-corrected chi connectivity index (χ4v) is 3.30. The van der Waals surface area contributed by atoms with Gasteiger partial charge in [-0.15, -0.1) is 10.2 Å². The quantitative estimate of drug-likeness (QED) is 0.703. The molecule has 3 aromatic rings. The number of anilines is 1. The Balaban J connectivity index is 1.61. The summed E-state index contributed by atoms with van der Waals surface area (Å²) in [7, 11) is 3.70. The molecule has 0 amide bonds. The Bertz CT molecular complexity index is 939. The van der Waals surface area contributed by atoms with Gasteiger partial charge in [0, 0.05) is 37.4 Å². The van der Waals surface area contributed by atoms with Crippen molar-refractivity contribution in [1.82, 2.24) is 24.5 Å². The number of nitrogens with zero attached hydrogens (tertiary/aromatic N) is 6. The molecule has 0 radical (unpaired) electrons. The summed E-state index contributed by atoms with van der Waals surface area (Å²) in [5, 5.41) is 13.0. The van der Waals surface area contributed by atoms with Crippen LogP contribution in [-0.2, 0) is 18.8 Å². The number of benzene rings is 1. The first-order valence-corrected chi connectivity index (χ1v) is 8.60. The van der Waals surface area contributed by atoms with Crippen molar-refractivity contribution in [2.75, 3.05) is 24.6 Å². The van der Waals surface area contributed by atoms with Crippen molar-refractivity contribution in [3.63, 3.8) is 0 Å². The summed E-state index contributed by atoms with van der Waals surface area (Å²) in [5.74, 6) is 0.708. The Morgan fingerprint density at radius 3 is 2.85 bits per heavy atom. The fraction of sp³-hybridized carbons (Fsp3) is 0.353. The topological polar surface area (TPSA) is 61.0 Å². The van der Waals surface area contributed by atoms with Gasteiger partial charge in [0.15, 0.2) is 5.82 Å². The molecule has 0 N–H and O–H groups in total. The summed E-state index contributed by atoms with van der Waals surface area (Å²) in [6.07, 6.45) is 3.66. The van der Waals surface area contributed by atoms with Gasteiger partial charge in [-0.2, -0.15) is 5.10 Å². The number of ether oxygens (including phenoxy) is 1. The first-order valence-electron chi connectivity index (χ1n) is 8.23. The Hall–Kier alpha value is -2.45. The number of hydrogen-bond acceptors (Lipinski definition) is 5. The van der Waals surface area contributed by atoms with E-state index in [2.05, 4.69) is 20.2 Å². The van der Waals surface area contributed by atoms with E-state index in [1.54, 1.807) is 27.6 Å². The Kier molecular flexibility index (Phi) is 4.37. The Labute approximate surface area is 155 Å². The molecular weight excluding hydrogens is 359 g/mol. The molecule has 0 aliphatic carbocycles. The monoisotopic (exact) mass is 376 g/mol. The molecule has 9 heteroatoms. The van der Waals surface area contributed by atoms with Gasteiger partial charge < -0.3 is 9.64 Å². The molecule has 26 heavy (non-hydrogen) atoms. The lowest BCUT2D eigenvalue weighted by molar-refractivity contribution is 0.0390. The van der Waals surface area contributed by atoms with Crippen molar-refractivity contribution in [3.8, 4) is 11.4 Å². The maximum absolute atomic E-state index is 14.2. The van der Waals surface area contributed by atoms with Crippen LogP contribution in [0.5, 0.6) is 0 Å². The first kappa shape index (κ1) is 17.0. The van der Waals surface area contributed by atoms with Gasteiger partial charge >= 0.3 is 0 Å². The molecule has 1 aliphatic heterocycles. The van der Waals surface area contributed by atoms with Crippen LogP contribution in [0, 0.1) is 5.82 Å². The van der Waals surface area contributed by atoms with E-state index in [1.807, 2.05) is 20.3 Å². The van der Waals surface area contributed by atoms with Gasteiger partial charge in [-0.1, -0.05) is 11.6 Å². The summed E-state index contributed by atoms with van der Waals surface area (Å²) in [6, 6.07) is 4.53. The largest absolute Gasteiger partial charge is 0.370 e. The molecule has 7 nitrogen and oxygen atoms in total. The van der Waals surface area contributed by atoms with Gasteiger partial charge in [0.2, 0.25) is 5.95 Å². The molecule has 0 spiro atoms. The van der Waals surface area contributed by atoms with Gasteiger partial charge in [0.05, 0.1) is 24.9 Å². The molecule has 1 fully saturated rings. The van der Waals surface area contributed by atoms with E-state index in [0.717, 1.165) is 5.56 Å². The maximum Gasteiger partial charge on any atom is 0.227 e. The van der Waals surface area contributed by atoms with E-state index in [0.29, 0.717) is 42.1 Å². The molecule has 1 aliphatic rings. The minimum atomic E-state index is -0.422. The standard InChI is InChI=1S/C17H18ClFN6O/c1-23-9-11(8-20-23)15-10-25(5-6-26-15)17-22-21-16(24(17)2)13-4-3-12(18)7-14(13)19/h3-4,7-9,15H,5-6,10H2,1-2H3. The lowest BCUT2D eigenvalue weighted by Gasteiger charge is -2.32. The lowest BCUT2D eigenvalue weighted by Crippen LogP contribution is -2.39. The molecule has 4 rings (SSSR count). The van der Waals surface area contributed by atoms with Crippen molar-refractivity contribution in [3.05, 3.63) is 47.0 Å². The molecule has 1 saturated heterocycles. The zero-order chi connectivity index (χ0) is 18.3. The van der Waals surface area contributed by atoms with Crippen LogP contribution in [0.4, 0.5) is 10.3 Å². The normalized spacial score (nSPS) is 17.7. The van der Waals surface area contributed by atoms with E-state index in [-0.39, 0.29) is 6.10 Å². The van der Waals surface area contributed by atoms with Gasteiger partial charge in [0.1, 0.15) is 11.9 Å². The Morgan fingerprint density at radius 1 is 1.27 bits per heavy atom. The first-order chi connectivity index (χ1) is 12.5. The van der Waals surface area contributed by atoms with E-state index in [1.165, 1.54) is 6.07 Å². The van der Waals surface area contributed by atoms with Gasteiger partial charge in [-0.3, -0.25) is 9.25 Å². The zero-order valence-electron chi connectivity index (χ0n) is 14.4. The second-order valence-corrected chi connectivity index (χ2v) is 6.70. The summed E-state index contributed by atoms with van der Waals surface area (Å²) in [6.45, 7) is 1.88. The average molecular weight is 377 g/mol. The van der Waals surface area contributed by atoms with Crippen LogP contribution in [0.25, 0.3) is 11.4 Å². The highest BCUT2D eigenvalue weighted by molar-refractivity contribution is 6.30. The highest BCUT2D eigenvalue weighted by Gasteiger charge is 2.27. The van der Waals surface area contributed by atoms with Crippen molar-refractivity contribution >= 4 is 17.5 Å². The van der Waals surface area contributed by atoms with Crippen LogP contribution < -0.4 is 4.90 Å². The Morgan fingerprint density at radius 2 is 2.12 bits per heavy atom. The van der Waals surface area contributed by atoms with Crippen LogP contribution in [0.1, 0.15) is 11.7 Å². The second-order valence-electron chi connectivity index (χ2n) is 6.26. The smallest absolute Gasteiger partial charge is 0.227 e. The predicted octanol–water partition coefficient (Wildman–Crippen LogP) is 2.59. The van der Waals surface area contributed by atoms with E-state index >= 15 is 0 Å². The van der Waals surface area contributed by atoms with Crippen LogP contribution in [0.2, 0.25) is 5.02 Å². The van der Waals surface area contributed by atoms with Crippen molar-refractivity contribution in [2.45, 2.75) is 6.10 Å². The molecule has 0 bridgehead atoms. The molecule has 0 saturated carbocycles. The number of rotatable bonds is 3. The van der Waals surface area contributed by atoms with Gasteiger partial charge in [-0.05, 0) is 18.2 Å². The summed E-state index contributed by atoms with van der Waals surface area (Å²) < 4.78 is 23.7. The highest BCUT2D eigenvalue weighted by atomic mass is 35.5. The third kappa shape index (κ3) is 3.06. The molecule has 2 aromatic heterocycles. The molecule has 1 unspecified atom stereocenters. The van der Waals surface area contributed by atoms with Gasteiger partial charge in [0.25, 0.3) is 0 Å². The molecule has 1 atom stereocenters. The van der Waals surface area contributed by atoms with E-state index < -0.39 is 5.82 Å². The fourth-order valence-electron chi connectivity index (χ4n) is 3.14. The summed E-state index contributed by atoms with van der Waals surface area (Å²) >= 11 is 5.84. The number of morpholine rings is 1. The van der Waals surface area contributed by atoms with Crippen LogP contribution >= 0.6 is 11.6 Å². The SMILES string of the molecule is Cn1cc(C2CN(c3nnc(-c4ccc(Cl)cc4F)n3C)CCO2)cn1. The maximum atomic E-state index is 14.2. The minimum absolute atomic E-state index is 0.0927. The molecular formula is C17H18ClFN6O. The molecule has 1 aromatic carbocycles. The van der Waals surface area contributed by atoms with E-state index in [9.17, 15) is 4.39 Å². The van der Waals surface area contributed by atoms with Crippen LogP contribution in [0.15, 0.2) is 30.6 Å². The second kappa shape index (κ2) is 6.69. The molecule has 3 heterocycles. The number of halogens is 2. The summed E-state index contributed by atoms with van der Waals surface area (Å²) in [4.78, 5) is 2.09. The third-order valence-corrected chi connectivity index (χ3v) is 4.70.